The van der Waals surface area contributed by atoms with Crippen molar-refractivity contribution in [3.05, 3.63) is 65.7 Å². The smallest absolute Gasteiger partial charge is 0.262 e. The Bertz CT molecular complexity index is 624. The van der Waals surface area contributed by atoms with Crippen LogP contribution in [0.15, 0.2) is 54.6 Å². The van der Waals surface area contributed by atoms with Gasteiger partial charge in [-0.15, -0.1) is 0 Å². The summed E-state index contributed by atoms with van der Waals surface area (Å²) in [6.45, 7) is 4.00. The third kappa shape index (κ3) is 2.77. The monoisotopic (exact) mass is 281 g/mol. The molecule has 2 aromatic carbocycles. The van der Waals surface area contributed by atoms with Crippen molar-refractivity contribution in [2.45, 2.75) is 31.9 Å². The summed E-state index contributed by atoms with van der Waals surface area (Å²) in [4.78, 5) is 12.5. The Kier molecular flexibility index (Phi) is 3.42. The number of rotatable bonds is 3. The lowest BCUT2D eigenvalue weighted by Gasteiger charge is -2.28. The van der Waals surface area contributed by atoms with Crippen LogP contribution in [-0.2, 0) is 16.8 Å². The van der Waals surface area contributed by atoms with Gasteiger partial charge in [-0.25, -0.2) is 0 Å². The molecule has 0 bridgehead atoms. The van der Waals surface area contributed by atoms with Crippen LogP contribution < -0.4 is 10.1 Å². The molecule has 3 heteroatoms. The van der Waals surface area contributed by atoms with Crippen molar-refractivity contribution in [3.8, 4) is 5.75 Å². The lowest BCUT2D eigenvalue weighted by Crippen LogP contribution is -2.47. The van der Waals surface area contributed by atoms with E-state index >= 15 is 0 Å². The van der Waals surface area contributed by atoms with E-state index in [1.54, 1.807) is 0 Å². The highest BCUT2D eigenvalue weighted by Crippen LogP contribution is 2.29. The first-order valence-electron chi connectivity index (χ1n) is 7.18. The molecule has 0 saturated carbocycles. The van der Waals surface area contributed by atoms with Gasteiger partial charge in [-0.05, 0) is 31.0 Å². The molecule has 1 atom stereocenters. The number of fused-ring (bicyclic) bond motifs is 1. The molecular formula is C18H19NO2. The highest BCUT2D eigenvalue weighted by Gasteiger charge is 2.32. The van der Waals surface area contributed by atoms with Gasteiger partial charge in [-0.3, -0.25) is 4.79 Å². The molecule has 21 heavy (non-hydrogen) atoms. The molecular weight excluding hydrogens is 262 g/mol. The number of amides is 1. The van der Waals surface area contributed by atoms with E-state index in [-0.39, 0.29) is 5.91 Å². The summed E-state index contributed by atoms with van der Waals surface area (Å²) in [6.07, 6.45) is 0.192. The van der Waals surface area contributed by atoms with Gasteiger partial charge in [0.2, 0.25) is 0 Å². The summed E-state index contributed by atoms with van der Waals surface area (Å²) >= 11 is 0. The van der Waals surface area contributed by atoms with Crippen LogP contribution in [0, 0.1) is 0 Å². The van der Waals surface area contributed by atoms with Crippen LogP contribution in [0.4, 0.5) is 0 Å². The molecule has 1 aliphatic rings. The highest BCUT2D eigenvalue weighted by atomic mass is 16.5. The first kappa shape index (κ1) is 13.7. The van der Waals surface area contributed by atoms with E-state index in [9.17, 15) is 4.79 Å². The molecule has 0 fully saturated rings. The second-order valence-corrected chi connectivity index (χ2v) is 5.90. The van der Waals surface area contributed by atoms with Crippen LogP contribution in [0.1, 0.15) is 25.0 Å². The average molecular weight is 281 g/mol. The Hall–Kier alpha value is -2.29. The molecule has 0 saturated heterocycles. The van der Waals surface area contributed by atoms with E-state index in [2.05, 4.69) is 5.32 Å². The SMILES string of the molecule is CC(C)(NC(=O)C1Cc2ccccc2O1)c1ccccc1. The van der Waals surface area contributed by atoms with Gasteiger partial charge in [0.25, 0.3) is 5.91 Å². The van der Waals surface area contributed by atoms with Crippen molar-refractivity contribution >= 4 is 5.91 Å². The van der Waals surface area contributed by atoms with Crippen LogP contribution in [0.5, 0.6) is 5.75 Å². The van der Waals surface area contributed by atoms with Crippen LogP contribution in [0.3, 0.4) is 0 Å². The van der Waals surface area contributed by atoms with E-state index in [0.717, 1.165) is 16.9 Å². The topological polar surface area (TPSA) is 38.3 Å². The predicted octanol–water partition coefficient (Wildman–Crippen LogP) is 3.04. The van der Waals surface area contributed by atoms with Crippen molar-refractivity contribution < 1.29 is 9.53 Å². The van der Waals surface area contributed by atoms with Crippen LogP contribution in [0.2, 0.25) is 0 Å². The summed E-state index contributed by atoms with van der Waals surface area (Å²) in [5.74, 6) is 0.746. The van der Waals surface area contributed by atoms with Gasteiger partial charge >= 0.3 is 0 Å². The number of hydrogen-bond donors (Lipinski definition) is 1. The molecule has 0 aromatic heterocycles. The van der Waals surface area contributed by atoms with E-state index < -0.39 is 11.6 Å². The molecule has 1 amide bonds. The van der Waals surface area contributed by atoms with Crippen molar-refractivity contribution in [2.24, 2.45) is 0 Å². The van der Waals surface area contributed by atoms with E-state index in [1.807, 2.05) is 68.4 Å². The summed E-state index contributed by atoms with van der Waals surface area (Å²) in [5.41, 5.74) is 1.75. The van der Waals surface area contributed by atoms with Gasteiger partial charge in [0.05, 0.1) is 5.54 Å². The number of carbonyl (C=O) groups excluding carboxylic acids is 1. The summed E-state index contributed by atoms with van der Waals surface area (Å²) in [5, 5.41) is 3.09. The van der Waals surface area contributed by atoms with Crippen LogP contribution in [-0.4, -0.2) is 12.0 Å². The first-order valence-corrected chi connectivity index (χ1v) is 7.18. The van der Waals surface area contributed by atoms with Gasteiger partial charge in [-0.2, -0.15) is 0 Å². The third-order valence-corrected chi connectivity index (χ3v) is 3.87. The predicted molar refractivity (Wildman–Crippen MR) is 82.2 cm³/mol. The lowest BCUT2D eigenvalue weighted by molar-refractivity contribution is -0.129. The van der Waals surface area contributed by atoms with Crippen molar-refractivity contribution in [3.63, 3.8) is 0 Å². The minimum absolute atomic E-state index is 0.0694. The van der Waals surface area contributed by atoms with Crippen LogP contribution >= 0.6 is 0 Å². The Morgan fingerprint density at radius 3 is 2.48 bits per heavy atom. The molecule has 0 spiro atoms. The molecule has 0 aliphatic carbocycles. The second-order valence-electron chi connectivity index (χ2n) is 5.90. The summed E-state index contributed by atoms with van der Waals surface area (Å²) < 4.78 is 5.74. The highest BCUT2D eigenvalue weighted by molar-refractivity contribution is 5.83. The van der Waals surface area contributed by atoms with E-state index in [1.165, 1.54) is 0 Å². The zero-order valence-corrected chi connectivity index (χ0v) is 12.3. The first-order chi connectivity index (χ1) is 10.1. The molecule has 1 unspecified atom stereocenters. The molecule has 0 radical (unpaired) electrons. The van der Waals surface area contributed by atoms with Crippen LogP contribution in [0.25, 0.3) is 0 Å². The summed E-state index contributed by atoms with van der Waals surface area (Å²) in [7, 11) is 0. The van der Waals surface area contributed by atoms with Gasteiger partial charge in [0.1, 0.15) is 5.75 Å². The van der Waals surface area contributed by atoms with E-state index in [4.69, 9.17) is 4.74 Å². The molecule has 1 heterocycles. The number of nitrogens with one attached hydrogen (secondary N) is 1. The quantitative estimate of drug-likeness (QED) is 0.939. The minimum atomic E-state index is -0.439. The fourth-order valence-corrected chi connectivity index (χ4v) is 2.64. The fourth-order valence-electron chi connectivity index (χ4n) is 2.64. The van der Waals surface area contributed by atoms with Gasteiger partial charge in [0, 0.05) is 6.42 Å². The third-order valence-electron chi connectivity index (χ3n) is 3.87. The zero-order valence-electron chi connectivity index (χ0n) is 12.3. The maximum absolute atomic E-state index is 12.5. The fraction of sp³-hybridized carbons (Fsp3) is 0.278. The maximum Gasteiger partial charge on any atom is 0.262 e. The second kappa shape index (κ2) is 5.24. The molecule has 3 nitrogen and oxygen atoms in total. The Labute approximate surface area is 124 Å². The number of ether oxygens (including phenoxy) is 1. The molecule has 1 N–H and O–H groups in total. The van der Waals surface area contributed by atoms with Gasteiger partial charge < -0.3 is 10.1 Å². The van der Waals surface area contributed by atoms with Gasteiger partial charge in [0.15, 0.2) is 6.10 Å². The van der Waals surface area contributed by atoms with Gasteiger partial charge in [-0.1, -0.05) is 48.5 Å². The Morgan fingerprint density at radius 1 is 1.10 bits per heavy atom. The lowest BCUT2D eigenvalue weighted by atomic mass is 9.94. The van der Waals surface area contributed by atoms with Crippen molar-refractivity contribution in [1.82, 2.24) is 5.32 Å². The normalized spacial score (nSPS) is 17.0. The molecule has 1 aliphatic heterocycles. The molecule has 2 aromatic rings. The average Bonchev–Trinajstić information content (AvgIpc) is 2.92. The number of para-hydroxylation sites is 1. The Balaban J connectivity index is 1.71. The maximum atomic E-state index is 12.5. The minimum Gasteiger partial charge on any atom is -0.480 e. The zero-order chi connectivity index (χ0) is 14.9. The standard InChI is InChI=1S/C18H19NO2/c1-18(2,14-9-4-3-5-10-14)19-17(20)16-12-13-8-6-7-11-15(13)21-16/h3-11,16H,12H2,1-2H3,(H,19,20). The summed E-state index contributed by atoms with van der Waals surface area (Å²) in [6, 6.07) is 17.8. The largest absolute Gasteiger partial charge is 0.480 e. The van der Waals surface area contributed by atoms with Crippen molar-refractivity contribution in [2.75, 3.05) is 0 Å². The van der Waals surface area contributed by atoms with Crippen molar-refractivity contribution in [1.29, 1.82) is 0 Å². The number of carbonyl (C=O) groups is 1. The Morgan fingerprint density at radius 2 is 1.76 bits per heavy atom. The number of hydrogen-bond acceptors (Lipinski definition) is 2. The number of benzene rings is 2. The molecule has 108 valence electrons. The van der Waals surface area contributed by atoms with E-state index in [0.29, 0.717) is 6.42 Å². The molecule has 3 rings (SSSR count).